The molecule has 4 N–H and O–H groups in total. The van der Waals surface area contributed by atoms with Gasteiger partial charge in [0.2, 0.25) is 4.87 Å². The van der Waals surface area contributed by atoms with Gasteiger partial charge in [-0.05, 0) is 34.0 Å². The maximum atomic E-state index is 10.7. The zero-order chi connectivity index (χ0) is 17.0. The van der Waals surface area contributed by atoms with E-state index in [0.717, 1.165) is 24.8 Å². The van der Waals surface area contributed by atoms with Gasteiger partial charge in [0.25, 0.3) is 10.1 Å². The van der Waals surface area contributed by atoms with Gasteiger partial charge in [0.05, 0.1) is 0 Å². The number of hydrogen-bond acceptors (Lipinski definition) is 5. The van der Waals surface area contributed by atoms with Gasteiger partial charge < -0.3 is 10.8 Å². The molecule has 1 unspecified atom stereocenters. The molecule has 8 heteroatoms. The summed E-state index contributed by atoms with van der Waals surface area (Å²) < 4.78 is 30.0. The molecule has 0 fully saturated rings. The number of nitrogens with two attached hydrogens (primary N) is 1. The molecule has 0 heterocycles. The molecule has 124 valence electrons. The first kappa shape index (κ1) is 24.3. The Bertz CT molecular complexity index is 336. The monoisotopic (exact) mass is 314 g/mol. The number of carboxylic acid groups (broad SMARTS) is 1. The summed E-state index contributed by atoms with van der Waals surface area (Å²) in [5.74, 6) is -1.62. The summed E-state index contributed by atoms with van der Waals surface area (Å²) in [5.41, 5.74) is 5.03. The molecule has 0 saturated heterocycles. The molecule has 0 spiro atoms. The summed E-state index contributed by atoms with van der Waals surface area (Å²) in [6.07, 6.45) is 3.74. The first-order valence-corrected chi connectivity index (χ1v) is 7.99. The molecule has 0 aliphatic carbocycles. The van der Waals surface area contributed by atoms with Gasteiger partial charge in [0.15, 0.2) is 0 Å². The number of carboxylic acids is 1. The van der Waals surface area contributed by atoms with E-state index in [-0.39, 0.29) is 0 Å². The molecule has 7 nitrogen and oxygen atoms in total. The Balaban J connectivity index is -0.000000297. The number of nitrogens with zero attached hydrogens (tertiary/aromatic N) is 1. The van der Waals surface area contributed by atoms with Gasteiger partial charge in [-0.2, -0.15) is 8.42 Å². The third kappa shape index (κ3) is 9.24. The second kappa shape index (κ2) is 12.1. The molecule has 0 aromatic carbocycles. The van der Waals surface area contributed by atoms with Gasteiger partial charge in [0, 0.05) is 0 Å². The Labute approximate surface area is 122 Å². The van der Waals surface area contributed by atoms with E-state index in [9.17, 15) is 13.2 Å². The van der Waals surface area contributed by atoms with Crippen molar-refractivity contribution in [3.05, 3.63) is 0 Å². The molecule has 0 aromatic heterocycles. The van der Waals surface area contributed by atoms with Crippen molar-refractivity contribution >= 4 is 16.1 Å². The highest BCUT2D eigenvalue weighted by Gasteiger charge is 2.48. The normalized spacial score (nSPS) is 13.4. The highest BCUT2D eigenvalue weighted by Crippen LogP contribution is 2.18. The van der Waals surface area contributed by atoms with Crippen molar-refractivity contribution in [2.75, 3.05) is 20.6 Å². The van der Waals surface area contributed by atoms with Crippen LogP contribution >= 0.6 is 0 Å². The summed E-state index contributed by atoms with van der Waals surface area (Å²) in [6, 6.07) is 0. The molecule has 20 heavy (non-hydrogen) atoms. The number of aliphatic carboxylic acids is 1. The smallest absolute Gasteiger partial charge is 0.342 e. The first-order chi connectivity index (χ1) is 8.97. The van der Waals surface area contributed by atoms with Crippen LogP contribution in [-0.4, -0.2) is 54.5 Å². The van der Waals surface area contributed by atoms with Crippen molar-refractivity contribution in [1.29, 1.82) is 0 Å². The van der Waals surface area contributed by atoms with Crippen LogP contribution < -0.4 is 5.73 Å². The lowest BCUT2D eigenvalue weighted by atomic mass is 10.3. The largest absolute Gasteiger partial charge is 0.479 e. The molecule has 1 atom stereocenters. The summed E-state index contributed by atoms with van der Waals surface area (Å²) in [7, 11) is -2.13. The SMILES string of the molecule is CCCC.CCCN.CN(C)C(C)(C(=O)O)S(=O)(=O)O. The van der Waals surface area contributed by atoms with E-state index in [4.69, 9.17) is 15.4 Å². The summed E-state index contributed by atoms with van der Waals surface area (Å²) in [5, 5.41) is 8.56. The van der Waals surface area contributed by atoms with Crippen LogP contribution in [0.15, 0.2) is 0 Å². The van der Waals surface area contributed by atoms with Crippen LogP contribution in [-0.2, 0) is 14.9 Å². The summed E-state index contributed by atoms with van der Waals surface area (Å²) in [6.45, 7) is 8.14. The lowest BCUT2D eigenvalue weighted by Gasteiger charge is -2.28. The van der Waals surface area contributed by atoms with Crippen molar-refractivity contribution in [3.63, 3.8) is 0 Å². The maximum absolute atomic E-state index is 10.7. The number of rotatable bonds is 5. The van der Waals surface area contributed by atoms with Crippen molar-refractivity contribution in [3.8, 4) is 0 Å². The van der Waals surface area contributed by atoms with E-state index in [1.807, 2.05) is 0 Å². The van der Waals surface area contributed by atoms with E-state index >= 15 is 0 Å². The van der Waals surface area contributed by atoms with Crippen molar-refractivity contribution in [1.82, 2.24) is 4.90 Å². The first-order valence-electron chi connectivity index (χ1n) is 6.55. The van der Waals surface area contributed by atoms with E-state index in [1.165, 1.54) is 26.9 Å². The Hall–Kier alpha value is -0.700. The van der Waals surface area contributed by atoms with Crippen LogP contribution in [0.25, 0.3) is 0 Å². The standard InChI is InChI=1S/C5H11NO5S.C4H10.C3H9N/c1-5(4(7)8,6(2)3)12(9,10)11;1-3-4-2;1-2-3-4/h1-3H3,(H,7,8)(H,9,10,11);3-4H2,1-2H3;2-4H2,1H3. The number of likely N-dealkylation sites (N-methyl/N-ethyl adjacent to an activating group) is 1. The zero-order valence-corrected chi connectivity index (χ0v) is 14.2. The average Bonchev–Trinajstić information content (AvgIpc) is 2.36. The molecular weight excluding hydrogens is 284 g/mol. The van der Waals surface area contributed by atoms with Crippen LogP contribution in [0.2, 0.25) is 0 Å². The minimum absolute atomic E-state index is 0.819. The third-order valence-corrected chi connectivity index (χ3v) is 4.09. The fourth-order valence-corrected chi connectivity index (χ4v) is 1.21. The lowest BCUT2D eigenvalue weighted by Crippen LogP contribution is -2.54. The Kier molecular flexibility index (Phi) is 14.7. The van der Waals surface area contributed by atoms with Crippen LogP contribution in [0.5, 0.6) is 0 Å². The van der Waals surface area contributed by atoms with E-state index < -0.39 is 21.0 Å². The topological polar surface area (TPSA) is 121 Å². The van der Waals surface area contributed by atoms with Gasteiger partial charge >= 0.3 is 5.97 Å². The molecule has 0 rings (SSSR count). The predicted molar refractivity (Wildman–Crippen MR) is 81.2 cm³/mol. The molecule has 0 radical (unpaired) electrons. The second-order valence-electron chi connectivity index (χ2n) is 4.45. The third-order valence-electron chi connectivity index (χ3n) is 2.54. The highest BCUT2D eigenvalue weighted by molar-refractivity contribution is 7.88. The fourth-order valence-electron chi connectivity index (χ4n) is 0.532. The number of unbranched alkanes of at least 4 members (excludes halogenated alkanes) is 1. The highest BCUT2D eigenvalue weighted by atomic mass is 32.2. The molecular formula is C12H30N2O5S. The maximum Gasteiger partial charge on any atom is 0.342 e. The van der Waals surface area contributed by atoms with Crippen LogP contribution in [0, 0.1) is 0 Å². The molecule has 0 saturated carbocycles. The van der Waals surface area contributed by atoms with Crippen molar-refractivity contribution in [2.24, 2.45) is 5.73 Å². The Morgan fingerprint density at radius 2 is 1.45 bits per heavy atom. The van der Waals surface area contributed by atoms with Gasteiger partial charge in [-0.15, -0.1) is 0 Å². The van der Waals surface area contributed by atoms with Gasteiger partial charge in [0.1, 0.15) is 0 Å². The fraction of sp³-hybridized carbons (Fsp3) is 0.917. The quantitative estimate of drug-likeness (QED) is 0.656. The predicted octanol–water partition coefficient (Wildman–Crippen LogP) is 1.40. The van der Waals surface area contributed by atoms with E-state index in [1.54, 1.807) is 0 Å². The van der Waals surface area contributed by atoms with Crippen LogP contribution in [0.3, 0.4) is 0 Å². The summed E-state index contributed by atoms with van der Waals surface area (Å²) in [4.78, 5) is 9.15. The van der Waals surface area contributed by atoms with E-state index in [0.29, 0.717) is 0 Å². The minimum atomic E-state index is -4.64. The molecule has 0 amide bonds. The Morgan fingerprint density at radius 1 is 1.15 bits per heavy atom. The van der Waals surface area contributed by atoms with Gasteiger partial charge in [-0.1, -0.05) is 33.6 Å². The second-order valence-corrected chi connectivity index (χ2v) is 6.19. The summed E-state index contributed by atoms with van der Waals surface area (Å²) >= 11 is 0. The molecule has 0 bridgehead atoms. The van der Waals surface area contributed by atoms with Crippen LogP contribution in [0.1, 0.15) is 47.0 Å². The van der Waals surface area contributed by atoms with Crippen molar-refractivity contribution < 1.29 is 22.9 Å². The van der Waals surface area contributed by atoms with Crippen LogP contribution in [0.4, 0.5) is 0 Å². The molecule has 0 aromatic rings. The average molecular weight is 314 g/mol. The zero-order valence-electron chi connectivity index (χ0n) is 13.4. The van der Waals surface area contributed by atoms with Gasteiger partial charge in [-0.25, -0.2) is 4.79 Å². The molecule has 0 aliphatic rings. The minimum Gasteiger partial charge on any atom is -0.479 e. The molecule has 0 aliphatic heterocycles. The lowest BCUT2D eigenvalue weighted by molar-refractivity contribution is -0.144. The van der Waals surface area contributed by atoms with Gasteiger partial charge in [-0.3, -0.25) is 9.45 Å². The van der Waals surface area contributed by atoms with E-state index in [2.05, 4.69) is 20.8 Å². The van der Waals surface area contributed by atoms with Crippen molar-refractivity contribution in [2.45, 2.75) is 51.8 Å². The Morgan fingerprint density at radius 3 is 1.45 bits per heavy atom. The number of carbonyl (C=O) groups is 1. The number of hydrogen-bond donors (Lipinski definition) is 3.